The Balaban J connectivity index is 1.63. The molecule has 0 spiro atoms. The average Bonchev–Trinajstić information content (AvgIpc) is 2.68. The van der Waals surface area contributed by atoms with E-state index < -0.39 is 0 Å². The van der Waals surface area contributed by atoms with Crippen molar-refractivity contribution in [2.24, 2.45) is 23.2 Å². The highest BCUT2D eigenvalue weighted by Gasteiger charge is 2.68. The van der Waals surface area contributed by atoms with Gasteiger partial charge in [-0.05, 0) is 24.2 Å². The SMILES string of the molecule is C[C@@H]1C2CC1(COc1ccn[nH]1)[C@@H]2C. The minimum Gasteiger partial charge on any atom is -0.477 e. The number of nitrogens with zero attached hydrogens (tertiary/aromatic N) is 1. The van der Waals surface area contributed by atoms with E-state index in [4.69, 9.17) is 4.74 Å². The third kappa shape index (κ3) is 0.805. The second kappa shape index (κ2) is 2.53. The van der Waals surface area contributed by atoms with E-state index in [9.17, 15) is 0 Å². The van der Waals surface area contributed by atoms with E-state index in [1.165, 1.54) is 6.42 Å². The monoisotopic (exact) mass is 192 g/mol. The van der Waals surface area contributed by atoms with Gasteiger partial charge in [0.2, 0.25) is 5.88 Å². The molecule has 2 atom stereocenters. The molecule has 1 aromatic rings. The highest BCUT2D eigenvalue weighted by molar-refractivity contribution is 5.17. The number of ether oxygens (including phenoxy) is 1. The van der Waals surface area contributed by atoms with Crippen LogP contribution in [0.3, 0.4) is 0 Å². The number of hydrogen-bond donors (Lipinski definition) is 1. The third-order valence-electron chi connectivity index (χ3n) is 4.69. The van der Waals surface area contributed by atoms with Gasteiger partial charge in [0.25, 0.3) is 0 Å². The fourth-order valence-corrected chi connectivity index (χ4v) is 3.28. The van der Waals surface area contributed by atoms with Crippen LogP contribution in [0.15, 0.2) is 12.3 Å². The Kier molecular flexibility index (Phi) is 1.50. The van der Waals surface area contributed by atoms with Gasteiger partial charge in [-0.2, -0.15) is 5.10 Å². The van der Waals surface area contributed by atoms with Crippen LogP contribution in [0.2, 0.25) is 0 Å². The summed E-state index contributed by atoms with van der Waals surface area (Å²) in [6.45, 7) is 5.56. The van der Waals surface area contributed by atoms with Gasteiger partial charge in [0, 0.05) is 11.5 Å². The first-order valence-electron chi connectivity index (χ1n) is 5.36. The predicted molar refractivity (Wildman–Crippen MR) is 53.0 cm³/mol. The van der Waals surface area contributed by atoms with Crippen LogP contribution < -0.4 is 4.74 Å². The first kappa shape index (κ1) is 8.33. The molecule has 0 aromatic carbocycles. The first-order chi connectivity index (χ1) is 6.74. The second-order valence-electron chi connectivity index (χ2n) is 4.89. The minimum atomic E-state index is 0.482. The molecule has 1 aromatic heterocycles. The lowest BCUT2D eigenvalue weighted by Gasteiger charge is -2.72. The molecule has 0 radical (unpaired) electrons. The smallest absolute Gasteiger partial charge is 0.209 e. The molecule has 3 fully saturated rings. The number of H-pyrrole nitrogens is 1. The molecule has 0 saturated heterocycles. The highest BCUT2D eigenvalue weighted by atomic mass is 16.5. The van der Waals surface area contributed by atoms with Crippen LogP contribution in [0.25, 0.3) is 0 Å². The minimum absolute atomic E-state index is 0.482. The first-order valence-corrected chi connectivity index (χ1v) is 5.36. The predicted octanol–water partition coefficient (Wildman–Crippen LogP) is 2.08. The molecule has 3 heteroatoms. The second-order valence-corrected chi connectivity index (χ2v) is 4.89. The van der Waals surface area contributed by atoms with E-state index in [0.29, 0.717) is 5.41 Å². The zero-order valence-corrected chi connectivity index (χ0v) is 8.66. The summed E-state index contributed by atoms with van der Waals surface area (Å²) in [5.41, 5.74) is 0.482. The summed E-state index contributed by atoms with van der Waals surface area (Å²) >= 11 is 0. The summed E-state index contributed by atoms with van der Waals surface area (Å²) in [6, 6.07) is 1.88. The van der Waals surface area contributed by atoms with Crippen molar-refractivity contribution in [2.75, 3.05) is 6.61 Å². The van der Waals surface area contributed by atoms with Gasteiger partial charge in [0.05, 0.1) is 12.8 Å². The maximum atomic E-state index is 5.71. The van der Waals surface area contributed by atoms with Gasteiger partial charge >= 0.3 is 0 Å². The van der Waals surface area contributed by atoms with E-state index in [2.05, 4.69) is 24.0 Å². The number of aromatic nitrogens is 2. The summed E-state index contributed by atoms with van der Waals surface area (Å²) < 4.78 is 5.71. The molecular weight excluding hydrogens is 176 g/mol. The molecule has 3 nitrogen and oxygen atoms in total. The summed E-state index contributed by atoms with van der Waals surface area (Å²) in [5.74, 6) is 3.50. The van der Waals surface area contributed by atoms with Gasteiger partial charge in [-0.1, -0.05) is 13.8 Å². The van der Waals surface area contributed by atoms with Crippen molar-refractivity contribution in [2.45, 2.75) is 20.3 Å². The van der Waals surface area contributed by atoms with Crippen LogP contribution in [0.5, 0.6) is 5.88 Å². The van der Waals surface area contributed by atoms with Crippen molar-refractivity contribution in [3.05, 3.63) is 12.3 Å². The molecule has 2 bridgehead atoms. The maximum absolute atomic E-state index is 5.71. The zero-order chi connectivity index (χ0) is 9.76. The quantitative estimate of drug-likeness (QED) is 0.796. The summed E-state index contributed by atoms with van der Waals surface area (Å²) in [6.07, 6.45) is 3.09. The van der Waals surface area contributed by atoms with Crippen LogP contribution in [-0.2, 0) is 0 Å². The fraction of sp³-hybridized carbons (Fsp3) is 0.727. The van der Waals surface area contributed by atoms with Crippen molar-refractivity contribution in [3.8, 4) is 5.88 Å². The van der Waals surface area contributed by atoms with Crippen LogP contribution >= 0.6 is 0 Å². The lowest BCUT2D eigenvalue weighted by atomic mass is 9.33. The molecule has 76 valence electrons. The van der Waals surface area contributed by atoms with E-state index in [-0.39, 0.29) is 0 Å². The number of hydrogen-bond acceptors (Lipinski definition) is 2. The van der Waals surface area contributed by atoms with Gasteiger partial charge in [-0.15, -0.1) is 0 Å². The molecular formula is C11H16N2O. The van der Waals surface area contributed by atoms with E-state index in [1.807, 2.05) is 6.07 Å². The normalized spacial score (nSPS) is 44.0. The van der Waals surface area contributed by atoms with Crippen LogP contribution in [0.4, 0.5) is 0 Å². The highest BCUT2D eigenvalue weighted by Crippen LogP contribution is 2.72. The molecule has 4 rings (SSSR count). The fourth-order valence-electron chi connectivity index (χ4n) is 3.28. The lowest BCUT2D eigenvalue weighted by Crippen LogP contribution is -2.69. The summed E-state index contributed by atoms with van der Waals surface area (Å²) in [5, 5.41) is 6.70. The van der Waals surface area contributed by atoms with Gasteiger partial charge in [-0.3, -0.25) is 0 Å². The van der Waals surface area contributed by atoms with Crippen LogP contribution in [0, 0.1) is 23.2 Å². The Labute approximate surface area is 83.9 Å². The van der Waals surface area contributed by atoms with Crippen LogP contribution in [0.1, 0.15) is 20.3 Å². The van der Waals surface area contributed by atoms with Crippen molar-refractivity contribution in [3.63, 3.8) is 0 Å². The average molecular weight is 192 g/mol. The lowest BCUT2D eigenvalue weighted by molar-refractivity contribution is -0.259. The van der Waals surface area contributed by atoms with Crippen molar-refractivity contribution in [1.29, 1.82) is 0 Å². The maximum Gasteiger partial charge on any atom is 0.209 e. The molecule has 1 heterocycles. The standard InChI is InChI=1S/C11H16N2O/c1-7-9-5-11(7,8(9)2)6-14-10-3-4-12-13-10/h3-4,7-9H,5-6H2,1-2H3,(H,12,13)/t7-,8-,9?,11?/m1/s1. The summed E-state index contributed by atoms with van der Waals surface area (Å²) in [7, 11) is 0. The molecule has 1 N–H and O–H groups in total. The molecule has 0 aliphatic heterocycles. The largest absolute Gasteiger partial charge is 0.477 e. The number of rotatable bonds is 3. The molecule has 3 saturated carbocycles. The molecule has 3 aliphatic rings. The van der Waals surface area contributed by atoms with E-state index in [1.54, 1.807) is 6.20 Å². The molecule has 14 heavy (non-hydrogen) atoms. The topological polar surface area (TPSA) is 37.9 Å². The number of aromatic amines is 1. The van der Waals surface area contributed by atoms with E-state index >= 15 is 0 Å². The van der Waals surface area contributed by atoms with Crippen molar-refractivity contribution >= 4 is 0 Å². The van der Waals surface area contributed by atoms with Gasteiger partial charge in [0.1, 0.15) is 0 Å². The molecule has 0 amide bonds. The molecule has 0 unspecified atom stereocenters. The Morgan fingerprint density at radius 1 is 1.57 bits per heavy atom. The van der Waals surface area contributed by atoms with Crippen LogP contribution in [-0.4, -0.2) is 16.8 Å². The zero-order valence-electron chi connectivity index (χ0n) is 8.66. The number of nitrogens with one attached hydrogen (secondary N) is 1. The van der Waals surface area contributed by atoms with Crippen molar-refractivity contribution < 1.29 is 4.74 Å². The Bertz CT molecular complexity index is 323. The third-order valence-corrected chi connectivity index (χ3v) is 4.69. The van der Waals surface area contributed by atoms with Gasteiger partial charge < -0.3 is 4.74 Å². The Hall–Kier alpha value is -0.990. The Morgan fingerprint density at radius 2 is 2.36 bits per heavy atom. The molecule has 3 aliphatic carbocycles. The summed E-state index contributed by atoms with van der Waals surface area (Å²) in [4.78, 5) is 0. The van der Waals surface area contributed by atoms with Crippen molar-refractivity contribution in [1.82, 2.24) is 10.2 Å². The van der Waals surface area contributed by atoms with E-state index in [0.717, 1.165) is 30.2 Å². The van der Waals surface area contributed by atoms with Gasteiger partial charge in [0.15, 0.2) is 0 Å². The Morgan fingerprint density at radius 3 is 2.86 bits per heavy atom. The van der Waals surface area contributed by atoms with Gasteiger partial charge in [-0.25, -0.2) is 5.10 Å².